The van der Waals surface area contributed by atoms with Gasteiger partial charge in [0.05, 0.1) is 7.11 Å². The Kier molecular flexibility index (Phi) is 5.49. The maximum absolute atomic E-state index is 6.05. The number of hydrogen-bond donors (Lipinski definition) is 0. The third-order valence-corrected chi connectivity index (χ3v) is 3.99. The Hall–Kier alpha value is -0.770. The molecular weight excluding hydrogens is 260 g/mol. The summed E-state index contributed by atoms with van der Waals surface area (Å²) in [6.45, 7) is 5.89. The SMILES string of the molecule is COc1ccc(Cl)cc1CCCN1CCN(C)CC1. The minimum absolute atomic E-state index is 0.787. The zero-order valence-electron chi connectivity index (χ0n) is 11.9. The summed E-state index contributed by atoms with van der Waals surface area (Å²) in [5.74, 6) is 0.947. The van der Waals surface area contributed by atoms with Crippen LogP contribution < -0.4 is 4.74 Å². The molecule has 0 amide bonds. The summed E-state index contributed by atoms with van der Waals surface area (Å²) in [6.07, 6.45) is 2.18. The zero-order chi connectivity index (χ0) is 13.7. The molecule has 0 atom stereocenters. The largest absolute Gasteiger partial charge is 0.496 e. The highest BCUT2D eigenvalue weighted by Crippen LogP contribution is 2.23. The van der Waals surface area contributed by atoms with Gasteiger partial charge in [0.2, 0.25) is 0 Å². The van der Waals surface area contributed by atoms with Crippen LogP contribution >= 0.6 is 11.6 Å². The normalized spacial score (nSPS) is 17.6. The summed E-state index contributed by atoms with van der Waals surface area (Å²) in [4.78, 5) is 4.92. The first kappa shape index (κ1) is 14.6. The average Bonchev–Trinajstić information content (AvgIpc) is 2.41. The molecule has 1 fully saturated rings. The van der Waals surface area contributed by atoms with Gasteiger partial charge in [-0.2, -0.15) is 0 Å². The quantitative estimate of drug-likeness (QED) is 0.825. The molecule has 2 rings (SSSR count). The van der Waals surface area contributed by atoms with Gasteiger partial charge >= 0.3 is 0 Å². The highest BCUT2D eigenvalue weighted by atomic mass is 35.5. The summed E-state index contributed by atoms with van der Waals surface area (Å²) in [5, 5.41) is 0.787. The van der Waals surface area contributed by atoms with Crippen molar-refractivity contribution >= 4 is 11.6 Å². The standard InChI is InChI=1S/C15H23ClN2O/c1-17-8-10-18(11-9-17)7-3-4-13-12-14(16)5-6-15(13)19-2/h5-6,12H,3-4,7-11H2,1-2H3. The summed E-state index contributed by atoms with van der Waals surface area (Å²) in [7, 11) is 3.90. The predicted octanol–water partition coefficient (Wildman–Crippen LogP) is 2.53. The second-order valence-corrected chi connectivity index (χ2v) is 5.64. The number of nitrogens with zero attached hydrogens (tertiary/aromatic N) is 2. The Morgan fingerprint density at radius 1 is 1.21 bits per heavy atom. The maximum Gasteiger partial charge on any atom is 0.122 e. The van der Waals surface area contributed by atoms with Crippen LogP contribution in [0.15, 0.2) is 18.2 Å². The van der Waals surface area contributed by atoms with E-state index in [0.717, 1.165) is 30.2 Å². The van der Waals surface area contributed by atoms with Crippen LogP contribution in [0.3, 0.4) is 0 Å². The van der Waals surface area contributed by atoms with E-state index >= 15 is 0 Å². The number of hydrogen-bond acceptors (Lipinski definition) is 3. The summed E-state index contributed by atoms with van der Waals surface area (Å²) >= 11 is 6.05. The van der Waals surface area contributed by atoms with Crippen LogP contribution in [0.4, 0.5) is 0 Å². The van der Waals surface area contributed by atoms with E-state index in [9.17, 15) is 0 Å². The van der Waals surface area contributed by atoms with E-state index in [2.05, 4.69) is 16.8 Å². The van der Waals surface area contributed by atoms with Gasteiger partial charge in [0.15, 0.2) is 0 Å². The molecule has 3 nitrogen and oxygen atoms in total. The van der Waals surface area contributed by atoms with Crippen molar-refractivity contribution in [2.75, 3.05) is 46.9 Å². The van der Waals surface area contributed by atoms with Gasteiger partial charge in [0.25, 0.3) is 0 Å². The van der Waals surface area contributed by atoms with Crippen molar-refractivity contribution in [3.05, 3.63) is 28.8 Å². The Morgan fingerprint density at radius 3 is 2.63 bits per heavy atom. The van der Waals surface area contributed by atoms with Gasteiger partial charge in [-0.05, 0) is 50.2 Å². The van der Waals surface area contributed by atoms with Crippen molar-refractivity contribution in [3.8, 4) is 5.75 Å². The highest BCUT2D eigenvalue weighted by molar-refractivity contribution is 6.30. The first-order valence-corrected chi connectivity index (χ1v) is 7.30. The lowest BCUT2D eigenvalue weighted by Crippen LogP contribution is -2.44. The topological polar surface area (TPSA) is 15.7 Å². The molecule has 1 aliphatic rings. The fraction of sp³-hybridized carbons (Fsp3) is 0.600. The number of likely N-dealkylation sites (N-methyl/N-ethyl adjacent to an activating group) is 1. The highest BCUT2D eigenvalue weighted by Gasteiger charge is 2.13. The van der Waals surface area contributed by atoms with E-state index < -0.39 is 0 Å². The van der Waals surface area contributed by atoms with Crippen molar-refractivity contribution in [2.24, 2.45) is 0 Å². The molecule has 0 N–H and O–H groups in total. The van der Waals surface area contributed by atoms with Gasteiger partial charge in [0.1, 0.15) is 5.75 Å². The smallest absolute Gasteiger partial charge is 0.122 e. The first-order chi connectivity index (χ1) is 9.19. The third kappa shape index (κ3) is 4.37. The molecule has 0 aromatic heterocycles. The molecule has 0 radical (unpaired) electrons. The molecule has 1 heterocycles. The summed E-state index contributed by atoms with van der Waals surface area (Å²) in [5.41, 5.74) is 1.21. The van der Waals surface area contributed by atoms with Gasteiger partial charge in [0, 0.05) is 31.2 Å². The number of rotatable bonds is 5. The summed E-state index contributed by atoms with van der Waals surface area (Å²) < 4.78 is 5.38. The molecule has 19 heavy (non-hydrogen) atoms. The van der Waals surface area contributed by atoms with Gasteiger partial charge in [-0.1, -0.05) is 11.6 Å². The van der Waals surface area contributed by atoms with Crippen LogP contribution in [0.5, 0.6) is 5.75 Å². The van der Waals surface area contributed by atoms with Crippen LogP contribution in [-0.4, -0.2) is 56.7 Å². The van der Waals surface area contributed by atoms with Crippen molar-refractivity contribution in [2.45, 2.75) is 12.8 Å². The molecular formula is C15H23ClN2O. The van der Waals surface area contributed by atoms with Crippen LogP contribution in [0.1, 0.15) is 12.0 Å². The third-order valence-electron chi connectivity index (χ3n) is 3.76. The van der Waals surface area contributed by atoms with Crippen LogP contribution in [0.2, 0.25) is 5.02 Å². The van der Waals surface area contributed by atoms with Gasteiger partial charge in [-0.3, -0.25) is 0 Å². The fourth-order valence-corrected chi connectivity index (χ4v) is 2.70. The molecule has 1 aromatic rings. The number of halogens is 1. The van der Waals surface area contributed by atoms with E-state index in [4.69, 9.17) is 16.3 Å². The van der Waals surface area contributed by atoms with Crippen molar-refractivity contribution < 1.29 is 4.74 Å². The molecule has 1 saturated heterocycles. The zero-order valence-corrected chi connectivity index (χ0v) is 12.6. The lowest BCUT2D eigenvalue weighted by atomic mass is 10.1. The Morgan fingerprint density at radius 2 is 1.95 bits per heavy atom. The lowest BCUT2D eigenvalue weighted by Gasteiger charge is -2.32. The van der Waals surface area contributed by atoms with Crippen molar-refractivity contribution in [3.63, 3.8) is 0 Å². The fourth-order valence-electron chi connectivity index (χ4n) is 2.51. The summed E-state index contributed by atoms with van der Waals surface area (Å²) in [6, 6.07) is 5.85. The van der Waals surface area contributed by atoms with Crippen LogP contribution in [0.25, 0.3) is 0 Å². The van der Waals surface area contributed by atoms with Gasteiger partial charge in [-0.25, -0.2) is 0 Å². The number of benzene rings is 1. The Bertz CT molecular complexity index is 403. The molecule has 0 unspecified atom stereocenters. The Balaban J connectivity index is 1.80. The molecule has 106 valence electrons. The molecule has 4 heteroatoms. The van der Waals surface area contributed by atoms with Crippen molar-refractivity contribution in [1.82, 2.24) is 9.80 Å². The molecule has 0 spiro atoms. The van der Waals surface area contributed by atoms with E-state index in [1.165, 1.54) is 31.7 Å². The van der Waals surface area contributed by atoms with E-state index in [1.54, 1.807) is 7.11 Å². The number of aryl methyl sites for hydroxylation is 1. The van der Waals surface area contributed by atoms with Crippen molar-refractivity contribution in [1.29, 1.82) is 0 Å². The number of methoxy groups -OCH3 is 1. The molecule has 1 aromatic carbocycles. The van der Waals surface area contributed by atoms with Gasteiger partial charge in [-0.15, -0.1) is 0 Å². The molecule has 0 aliphatic carbocycles. The van der Waals surface area contributed by atoms with Crippen LogP contribution in [-0.2, 0) is 6.42 Å². The lowest BCUT2D eigenvalue weighted by molar-refractivity contribution is 0.153. The second-order valence-electron chi connectivity index (χ2n) is 5.20. The van der Waals surface area contributed by atoms with Crippen LogP contribution in [0, 0.1) is 0 Å². The van der Waals surface area contributed by atoms with Gasteiger partial charge < -0.3 is 14.5 Å². The Labute approximate surface area is 121 Å². The monoisotopic (exact) mass is 282 g/mol. The van der Waals surface area contributed by atoms with E-state index in [0.29, 0.717) is 0 Å². The van der Waals surface area contributed by atoms with E-state index in [1.807, 2.05) is 18.2 Å². The minimum Gasteiger partial charge on any atom is -0.496 e. The number of piperazine rings is 1. The van der Waals surface area contributed by atoms with E-state index in [-0.39, 0.29) is 0 Å². The number of ether oxygens (including phenoxy) is 1. The molecule has 0 saturated carbocycles. The maximum atomic E-state index is 6.05. The second kappa shape index (κ2) is 7.13. The molecule has 0 bridgehead atoms. The first-order valence-electron chi connectivity index (χ1n) is 6.92. The average molecular weight is 283 g/mol. The minimum atomic E-state index is 0.787. The predicted molar refractivity (Wildman–Crippen MR) is 80.3 cm³/mol. The molecule has 1 aliphatic heterocycles.